The number of fused-ring (bicyclic) bond motifs is 1. The highest BCUT2D eigenvalue weighted by Gasteiger charge is 2.31. The Bertz CT molecular complexity index is 708. The largest absolute Gasteiger partial charge is 0.411 e. The fraction of sp³-hybridized carbons (Fsp3) is 0.312. The standard InChI is InChI=1S/C16H16BrN3O/c1-16(2)8-14-12(15(9-16)20-21)7-13(18-19-14)10-3-5-11(17)6-4-10/h3-7,21H,8-9H2,1-2H3/b20-15+. The van der Waals surface area contributed by atoms with E-state index in [2.05, 4.69) is 45.1 Å². The number of oxime groups is 1. The molecule has 1 aliphatic carbocycles. The van der Waals surface area contributed by atoms with E-state index in [1.807, 2.05) is 30.3 Å². The average Bonchev–Trinajstić information content (AvgIpc) is 2.46. The second-order valence-electron chi connectivity index (χ2n) is 6.16. The van der Waals surface area contributed by atoms with Crippen molar-refractivity contribution in [3.05, 3.63) is 46.1 Å². The Morgan fingerprint density at radius 1 is 1.14 bits per heavy atom. The van der Waals surface area contributed by atoms with Crippen LogP contribution in [0.25, 0.3) is 11.3 Å². The Kier molecular flexibility index (Phi) is 3.53. The maximum atomic E-state index is 9.30. The summed E-state index contributed by atoms with van der Waals surface area (Å²) in [6.45, 7) is 4.29. The molecular formula is C16H16BrN3O. The quantitative estimate of drug-likeness (QED) is 0.626. The van der Waals surface area contributed by atoms with E-state index < -0.39 is 0 Å². The maximum absolute atomic E-state index is 9.30. The van der Waals surface area contributed by atoms with Crippen molar-refractivity contribution in [1.29, 1.82) is 0 Å². The molecule has 0 amide bonds. The van der Waals surface area contributed by atoms with Crippen LogP contribution in [-0.4, -0.2) is 21.1 Å². The fourth-order valence-corrected chi connectivity index (χ4v) is 2.98. The van der Waals surface area contributed by atoms with Crippen molar-refractivity contribution in [1.82, 2.24) is 10.2 Å². The smallest absolute Gasteiger partial charge is 0.0936 e. The zero-order chi connectivity index (χ0) is 15.0. The van der Waals surface area contributed by atoms with Gasteiger partial charge in [-0.05, 0) is 36.5 Å². The summed E-state index contributed by atoms with van der Waals surface area (Å²) in [7, 11) is 0. The third kappa shape index (κ3) is 2.83. The van der Waals surface area contributed by atoms with Gasteiger partial charge in [0.05, 0.1) is 17.1 Å². The molecular weight excluding hydrogens is 330 g/mol. The number of halogens is 1. The van der Waals surface area contributed by atoms with E-state index in [0.717, 1.165) is 39.8 Å². The molecule has 108 valence electrons. The Labute approximate surface area is 132 Å². The predicted molar refractivity (Wildman–Crippen MR) is 85.6 cm³/mol. The first-order chi connectivity index (χ1) is 9.98. The van der Waals surface area contributed by atoms with E-state index in [4.69, 9.17) is 0 Å². The Morgan fingerprint density at radius 3 is 2.52 bits per heavy atom. The summed E-state index contributed by atoms with van der Waals surface area (Å²) in [4.78, 5) is 0. The lowest BCUT2D eigenvalue weighted by atomic mass is 9.75. The van der Waals surface area contributed by atoms with Crippen molar-refractivity contribution in [3.8, 4) is 11.3 Å². The monoisotopic (exact) mass is 345 g/mol. The number of nitrogens with zero attached hydrogens (tertiary/aromatic N) is 3. The Balaban J connectivity index is 2.07. The molecule has 1 aromatic carbocycles. The highest BCUT2D eigenvalue weighted by atomic mass is 79.9. The van der Waals surface area contributed by atoms with Gasteiger partial charge in [0, 0.05) is 15.6 Å². The van der Waals surface area contributed by atoms with Crippen LogP contribution in [0.2, 0.25) is 0 Å². The predicted octanol–water partition coefficient (Wildman–Crippen LogP) is 4.06. The average molecular weight is 346 g/mol. The molecule has 21 heavy (non-hydrogen) atoms. The lowest BCUT2D eigenvalue weighted by Gasteiger charge is -2.30. The van der Waals surface area contributed by atoms with Gasteiger partial charge < -0.3 is 5.21 Å². The lowest BCUT2D eigenvalue weighted by molar-refractivity contribution is 0.305. The van der Waals surface area contributed by atoms with E-state index >= 15 is 0 Å². The molecule has 1 N–H and O–H groups in total. The minimum atomic E-state index is 0.0440. The Morgan fingerprint density at radius 2 is 1.86 bits per heavy atom. The van der Waals surface area contributed by atoms with Crippen molar-refractivity contribution in [2.45, 2.75) is 26.7 Å². The van der Waals surface area contributed by atoms with Crippen molar-refractivity contribution >= 4 is 21.6 Å². The van der Waals surface area contributed by atoms with Gasteiger partial charge in [-0.25, -0.2) is 0 Å². The van der Waals surface area contributed by atoms with E-state index in [-0.39, 0.29) is 5.41 Å². The summed E-state index contributed by atoms with van der Waals surface area (Å²) in [5.74, 6) is 0. The molecule has 0 aliphatic heterocycles. The lowest BCUT2D eigenvalue weighted by Crippen LogP contribution is -2.28. The summed E-state index contributed by atoms with van der Waals surface area (Å²) < 4.78 is 1.02. The zero-order valence-electron chi connectivity index (χ0n) is 12.0. The van der Waals surface area contributed by atoms with Crippen LogP contribution < -0.4 is 0 Å². The molecule has 0 spiro atoms. The van der Waals surface area contributed by atoms with Gasteiger partial charge in [-0.15, -0.1) is 0 Å². The summed E-state index contributed by atoms with van der Waals surface area (Å²) >= 11 is 3.42. The Hall–Kier alpha value is -1.75. The SMILES string of the molecule is CC1(C)C/C(=N\O)c2cc(-c3ccc(Br)cc3)nnc2C1. The van der Waals surface area contributed by atoms with Gasteiger partial charge in [0.2, 0.25) is 0 Å². The molecule has 0 radical (unpaired) electrons. The molecule has 0 fully saturated rings. The molecule has 1 heterocycles. The summed E-state index contributed by atoms with van der Waals surface area (Å²) in [6, 6.07) is 9.89. The van der Waals surface area contributed by atoms with Crippen LogP contribution in [0, 0.1) is 5.41 Å². The van der Waals surface area contributed by atoms with Crippen molar-refractivity contribution in [3.63, 3.8) is 0 Å². The van der Waals surface area contributed by atoms with Crippen molar-refractivity contribution in [2.75, 3.05) is 0 Å². The number of hydrogen-bond acceptors (Lipinski definition) is 4. The molecule has 0 atom stereocenters. The van der Waals surface area contributed by atoms with Crippen LogP contribution in [0.3, 0.4) is 0 Å². The number of benzene rings is 1. The van der Waals surface area contributed by atoms with Gasteiger partial charge in [0.25, 0.3) is 0 Å². The second-order valence-corrected chi connectivity index (χ2v) is 7.08. The summed E-state index contributed by atoms with van der Waals surface area (Å²) in [5.41, 5.74) is 4.33. The highest BCUT2D eigenvalue weighted by Crippen LogP contribution is 2.35. The maximum Gasteiger partial charge on any atom is 0.0936 e. The van der Waals surface area contributed by atoms with Gasteiger partial charge in [-0.1, -0.05) is 47.1 Å². The molecule has 1 aliphatic rings. The molecule has 2 aromatic rings. The normalized spacial score (nSPS) is 18.5. The fourth-order valence-electron chi connectivity index (χ4n) is 2.71. The molecule has 0 bridgehead atoms. The topological polar surface area (TPSA) is 58.4 Å². The number of hydrogen-bond donors (Lipinski definition) is 1. The third-order valence-electron chi connectivity index (χ3n) is 3.73. The van der Waals surface area contributed by atoms with Crippen LogP contribution in [0.4, 0.5) is 0 Å². The van der Waals surface area contributed by atoms with Gasteiger partial charge in [-0.2, -0.15) is 10.2 Å². The first-order valence-electron chi connectivity index (χ1n) is 6.82. The first-order valence-corrected chi connectivity index (χ1v) is 7.62. The van der Waals surface area contributed by atoms with E-state index in [9.17, 15) is 5.21 Å². The van der Waals surface area contributed by atoms with E-state index in [1.54, 1.807) is 0 Å². The van der Waals surface area contributed by atoms with Crippen LogP contribution in [-0.2, 0) is 6.42 Å². The van der Waals surface area contributed by atoms with Crippen LogP contribution in [0.1, 0.15) is 31.5 Å². The van der Waals surface area contributed by atoms with Gasteiger partial charge in [0.15, 0.2) is 0 Å². The highest BCUT2D eigenvalue weighted by molar-refractivity contribution is 9.10. The molecule has 0 unspecified atom stereocenters. The molecule has 4 nitrogen and oxygen atoms in total. The van der Waals surface area contributed by atoms with Crippen LogP contribution in [0.5, 0.6) is 0 Å². The second kappa shape index (κ2) is 5.22. The number of aromatic nitrogens is 2. The van der Waals surface area contributed by atoms with E-state index in [0.29, 0.717) is 5.71 Å². The van der Waals surface area contributed by atoms with Gasteiger partial charge >= 0.3 is 0 Å². The van der Waals surface area contributed by atoms with Crippen molar-refractivity contribution in [2.24, 2.45) is 10.6 Å². The summed E-state index contributed by atoms with van der Waals surface area (Å²) in [5, 5.41) is 21.5. The molecule has 0 saturated carbocycles. The van der Waals surface area contributed by atoms with Crippen molar-refractivity contribution < 1.29 is 5.21 Å². The van der Waals surface area contributed by atoms with E-state index in [1.165, 1.54) is 0 Å². The summed E-state index contributed by atoms with van der Waals surface area (Å²) in [6.07, 6.45) is 1.58. The number of rotatable bonds is 1. The molecule has 5 heteroatoms. The molecule has 3 rings (SSSR count). The third-order valence-corrected chi connectivity index (χ3v) is 4.26. The first kappa shape index (κ1) is 14.2. The zero-order valence-corrected chi connectivity index (χ0v) is 13.6. The van der Waals surface area contributed by atoms with Crippen LogP contribution >= 0.6 is 15.9 Å². The minimum absolute atomic E-state index is 0.0440. The minimum Gasteiger partial charge on any atom is -0.411 e. The molecule has 0 saturated heterocycles. The van der Waals surface area contributed by atoms with Gasteiger partial charge in [-0.3, -0.25) is 0 Å². The molecule has 1 aromatic heterocycles. The van der Waals surface area contributed by atoms with Gasteiger partial charge in [0.1, 0.15) is 0 Å². The van der Waals surface area contributed by atoms with Crippen LogP contribution in [0.15, 0.2) is 40.0 Å².